The first kappa shape index (κ1) is 18.0. The molecular weight excluding hydrogens is 348 g/mol. The molecule has 0 atom stereocenters. The Hall–Kier alpha value is -3.82. The largest absolute Gasteiger partial charge is 0.368 e. The summed E-state index contributed by atoms with van der Waals surface area (Å²) in [6.07, 6.45) is 4.58. The molecule has 3 heterocycles. The summed E-state index contributed by atoms with van der Waals surface area (Å²) in [7, 11) is 0. The lowest BCUT2D eigenvalue weighted by Crippen LogP contribution is -2.35. The van der Waals surface area contributed by atoms with Crippen molar-refractivity contribution in [1.29, 1.82) is 0 Å². The van der Waals surface area contributed by atoms with E-state index in [1.165, 1.54) is 24.7 Å². The lowest BCUT2D eigenvalue weighted by molar-refractivity contribution is -0.121. The Balaban J connectivity index is 1.44. The van der Waals surface area contributed by atoms with Gasteiger partial charge in [0.05, 0.1) is 0 Å². The fourth-order valence-corrected chi connectivity index (χ4v) is 2.18. The predicted octanol–water partition coefficient (Wildman–Crippen LogP) is 0.400. The molecule has 10 nitrogen and oxygen atoms in total. The highest BCUT2D eigenvalue weighted by Crippen LogP contribution is 2.13. The van der Waals surface area contributed by atoms with Gasteiger partial charge in [0.2, 0.25) is 5.91 Å². The van der Waals surface area contributed by atoms with Crippen molar-refractivity contribution >= 4 is 23.4 Å². The van der Waals surface area contributed by atoms with Gasteiger partial charge in [0.15, 0.2) is 0 Å². The van der Waals surface area contributed by atoms with Crippen LogP contribution in [0.15, 0.2) is 59.9 Å². The van der Waals surface area contributed by atoms with E-state index < -0.39 is 0 Å². The average Bonchev–Trinajstić information content (AvgIpc) is 2.68. The molecule has 3 aromatic rings. The number of carbonyl (C=O) groups is 1. The molecule has 0 unspecified atom stereocenters. The number of amides is 1. The zero-order valence-electron chi connectivity index (χ0n) is 14.4. The molecule has 0 bridgehead atoms. The Morgan fingerprint density at radius 2 is 1.85 bits per heavy atom. The van der Waals surface area contributed by atoms with Crippen LogP contribution in [-0.4, -0.2) is 43.7 Å². The van der Waals surface area contributed by atoms with E-state index in [0.29, 0.717) is 30.5 Å². The normalized spacial score (nSPS) is 10.2. The van der Waals surface area contributed by atoms with Gasteiger partial charge < -0.3 is 16.0 Å². The van der Waals surface area contributed by atoms with E-state index in [9.17, 15) is 9.59 Å². The van der Waals surface area contributed by atoms with Crippen molar-refractivity contribution in [3.63, 3.8) is 0 Å². The monoisotopic (exact) mass is 366 g/mol. The van der Waals surface area contributed by atoms with Gasteiger partial charge in [0.25, 0.3) is 5.56 Å². The van der Waals surface area contributed by atoms with E-state index in [4.69, 9.17) is 0 Å². The molecular formula is C17H18N8O2. The van der Waals surface area contributed by atoms with E-state index in [0.717, 1.165) is 4.68 Å². The van der Waals surface area contributed by atoms with Crippen LogP contribution in [0, 0.1) is 0 Å². The highest BCUT2D eigenvalue weighted by atomic mass is 16.2. The van der Waals surface area contributed by atoms with Crippen molar-refractivity contribution in [1.82, 2.24) is 30.0 Å². The van der Waals surface area contributed by atoms with Crippen LogP contribution in [0.4, 0.5) is 17.5 Å². The summed E-state index contributed by atoms with van der Waals surface area (Å²) >= 11 is 0. The van der Waals surface area contributed by atoms with Crippen molar-refractivity contribution in [3.05, 3.63) is 65.5 Å². The molecule has 138 valence electrons. The smallest absolute Gasteiger partial charge is 0.267 e. The molecule has 0 saturated heterocycles. The molecule has 10 heteroatoms. The van der Waals surface area contributed by atoms with Crippen LogP contribution in [-0.2, 0) is 11.3 Å². The Labute approximate surface area is 154 Å². The predicted molar refractivity (Wildman–Crippen MR) is 99.5 cm³/mol. The van der Waals surface area contributed by atoms with Crippen LogP contribution >= 0.6 is 0 Å². The molecule has 0 fully saturated rings. The van der Waals surface area contributed by atoms with Crippen molar-refractivity contribution in [2.75, 3.05) is 23.7 Å². The summed E-state index contributed by atoms with van der Waals surface area (Å²) in [5.41, 5.74) is -0.320. The topological polar surface area (TPSA) is 127 Å². The van der Waals surface area contributed by atoms with Crippen LogP contribution in [0.5, 0.6) is 0 Å². The third kappa shape index (κ3) is 5.59. The summed E-state index contributed by atoms with van der Waals surface area (Å²) < 4.78 is 1.10. The minimum Gasteiger partial charge on any atom is -0.368 e. The van der Waals surface area contributed by atoms with Crippen LogP contribution in [0.3, 0.4) is 0 Å². The molecule has 1 amide bonds. The number of rotatable bonds is 8. The summed E-state index contributed by atoms with van der Waals surface area (Å²) in [4.78, 5) is 35.8. The second-order valence-electron chi connectivity index (χ2n) is 5.42. The molecule has 0 spiro atoms. The van der Waals surface area contributed by atoms with Crippen LogP contribution in [0.25, 0.3) is 0 Å². The number of pyridine rings is 1. The first-order valence-electron chi connectivity index (χ1n) is 8.23. The summed E-state index contributed by atoms with van der Waals surface area (Å²) in [6.45, 7) is 0.710. The summed E-state index contributed by atoms with van der Waals surface area (Å²) in [5, 5.41) is 12.7. The van der Waals surface area contributed by atoms with Crippen molar-refractivity contribution < 1.29 is 4.79 Å². The standard InChI is InChI=1S/C17H18N8O2/c26-16(11-25-17(27)5-3-7-23-25)20-9-8-19-14-10-15(22-12-21-14)24-13-4-1-2-6-18-13/h1-7,10,12H,8-9,11H2,(H,20,26)(H2,18,19,21,22,24). The number of hydrogen-bond donors (Lipinski definition) is 3. The molecule has 0 saturated carbocycles. The molecule has 0 aliphatic rings. The van der Waals surface area contributed by atoms with Gasteiger partial charge in [-0.25, -0.2) is 19.6 Å². The molecule has 0 aliphatic carbocycles. The van der Waals surface area contributed by atoms with Gasteiger partial charge in [-0.1, -0.05) is 6.07 Å². The SMILES string of the molecule is O=C(Cn1ncccc1=O)NCCNc1cc(Nc2ccccn2)ncn1. The highest BCUT2D eigenvalue weighted by molar-refractivity contribution is 5.75. The van der Waals surface area contributed by atoms with Gasteiger partial charge in [0, 0.05) is 37.6 Å². The average molecular weight is 366 g/mol. The van der Waals surface area contributed by atoms with Crippen molar-refractivity contribution in [3.8, 4) is 0 Å². The van der Waals surface area contributed by atoms with Gasteiger partial charge in [0.1, 0.15) is 30.3 Å². The lowest BCUT2D eigenvalue weighted by atomic mass is 10.4. The Bertz CT molecular complexity index is 945. The summed E-state index contributed by atoms with van der Waals surface area (Å²) in [5.74, 6) is 1.60. The maximum absolute atomic E-state index is 11.9. The van der Waals surface area contributed by atoms with Crippen LogP contribution in [0.1, 0.15) is 0 Å². The van der Waals surface area contributed by atoms with Gasteiger partial charge in [-0.15, -0.1) is 0 Å². The second-order valence-corrected chi connectivity index (χ2v) is 5.42. The lowest BCUT2D eigenvalue weighted by Gasteiger charge is -2.09. The molecule has 0 radical (unpaired) electrons. The quantitative estimate of drug-likeness (QED) is 0.489. The van der Waals surface area contributed by atoms with Crippen molar-refractivity contribution in [2.24, 2.45) is 0 Å². The Kier molecular flexibility index (Phi) is 6.02. The Morgan fingerprint density at radius 3 is 2.67 bits per heavy atom. The number of carbonyl (C=O) groups excluding carboxylic acids is 1. The highest BCUT2D eigenvalue weighted by Gasteiger charge is 2.04. The molecule has 0 aliphatic heterocycles. The van der Waals surface area contributed by atoms with Gasteiger partial charge >= 0.3 is 0 Å². The fourth-order valence-electron chi connectivity index (χ4n) is 2.18. The van der Waals surface area contributed by atoms with E-state index in [1.807, 2.05) is 18.2 Å². The number of hydrogen-bond acceptors (Lipinski definition) is 8. The minimum atomic E-state index is -0.320. The van der Waals surface area contributed by atoms with E-state index in [2.05, 4.69) is 36.0 Å². The summed E-state index contributed by atoms with van der Waals surface area (Å²) in [6, 6.07) is 10.2. The van der Waals surface area contributed by atoms with Crippen molar-refractivity contribution in [2.45, 2.75) is 6.54 Å². The molecule has 0 aromatic carbocycles. The number of nitrogens with one attached hydrogen (secondary N) is 3. The zero-order chi connectivity index (χ0) is 18.9. The first-order valence-corrected chi connectivity index (χ1v) is 8.23. The fraction of sp³-hybridized carbons (Fsp3) is 0.176. The van der Waals surface area contributed by atoms with E-state index in [-0.39, 0.29) is 18.0 Å². The van der Waals surface area contributed by atoms with E-state index in [1.54, 1.807) is 12.3 Å². The Morgan fingerprint density at radius 1 is 0.963 bits per heavy atom. The zero-order valence-corrected chi connectivity index (χ0v) is 14.4. The van der Waals surface area contributed by atoms with Crippen LogP contribution < -0.4 is 21.5 Å². The maximum atomic E-state index is 11.9. The molecule has 3 aromatic heterocycles. The molecule has 27 heavy (non-hydrogen) atoms. The third-order valence-corrected chi connectivity index (χ3v) is 3.42. The van der Waals surface area contributed by atoms with Gasteiger partial charge in [-0.3, -0.25) is 9.59 Å². The van der Waals surface area contributed by atoms with Crippen LogP contribution in [0.2, 0.25) is 0 Å². The number of anilines is 3. The third-order valence-electron chi connectivity index (χ3n) is 3.42. The minimum absolute atomic E-state index is 0.120. The van der Waals surface area contributed by atoms with Gasteiger partial charge in [-0.2, -0.15) is 5.10 Å². The molecule has 3 N–H and O–H groups in total. The second kappa shape index (κ2) is 9.04. The maximum Gasteiger partial charge on any atom is 0.267 e. The van der Waals surface area contributed by atoms with E-state index >= 15 is 0 Å². The molecule has 3 rings (SSSR count). The van der Waals surface area contributed by atoms with Gasteiger partial charge in [-0.05, 0) is 18.2 Å². The number of aromatic nitrogens is 5. The first-order chi connectivity index (χ1) is 13.2. The number of nitrogens with zero attached hydrogens (tertiary/aromatic N) is 5.